The van der Waals surface area contributed by atoms with Gasteiger partial charge < -0.3 is 10.1 Å². The number of carbonyl (C=O) groups excluding carboxylic acids is 1. The van der Waals surface area contributed by atoms with Crippen LogP contribution in [0.2, 0.25) is 24.9 Å². The third-order valence-corrected chi connectivity index (χ3v) is 4.73. The third kappa shape index (κ3) is 4.55. The van der Waals surface area contributed by atoms with Gasteiger partial charge in [0.15, 0.2) is 0 Å². The van der Waals surface area contributed by atoms with Crippen LogP contribution in [0.3, 0.4) is 0 Å². The lowest BCUT2D eigenvalue weighted by atomic mass is 9.83. The molecule has 1 aromatic heterocycles. The highest BCUT2D eigenvalue weighted by atomic mass is 35.5. The van der Waals surface area contributed by atoms with Crippen molar-refractivity contribution in [3.8, 4) is 11.5 Å². The first-order chi connectivity index (χ1) is 10.3. The fraction of sp³-hybridized carbons (Fsp3) is 0.562. The molecule has 0 radical (unpaired) electrons. The predicted octanol–water partition coefficient (Wildman–Crippen LogP) is 3.67. The molecule has 1 aliphatic rings. The Bertz CT molecular complexity index is 610. The second kappa shape index (κ2) is 6.80. The van der Waals surface area contributed by atoms with E-state index in [0.717, 1.165) is 32.0 Å². The molecule has 1 saturated carbocycles. The molecule has 0 atom stereocenters. The van der Waals surface area contributed by atoms with Gasteiger partial charge in [-0.1, -0.05) is 44.8 Å². The monoisotopic (exact) mass is 335 g/mol. The number of hydrogen-bond acceptors (Lipinski definition) is 4. The molecule has 0 bridgehead atoms. The zero-order valence-corrected chi connectivity index (χ0v) is 15.1. The summed E-state index contributed by atoms with van der Waals surface area (Å²) in [7, 11) is -1.50. The summed E-state index contributed by atoms with van der Waals surface area (Å²) in [6.45, 7) is 6.54. The number of nitrogens with zero attached hydrogens (tertiary/aromatic N) is 2. The molecule has 2 rings (SSSR count). The van der Waals surface area contributed by atoms with Crippen molar-refractivity contribution in [3.63, 3.8) is 0 Å². The fourth-order valence-corrected chi connectivity index (χ4v) is 3.14. The molecule has 22 heavy (non-hydrogen) atoms. The minimum atomic E-state index is -1.50. The van der Waals surface area contributed by atoms with Crippen molar-refractivity contribution in [1.82, 2.24) is 9.97 Å². The quantitative estimate of drug-likeness (QED) is 0.396. The molecular formula is C16H22ClN3OSi. The number of halogens is 1. The molecule has 1 fully saturated rings. The number of nitrogens with one attached hydrogen (secondary N) is 1. The van der Waals surface area contributed by atoms with Crippen LogP contribution in [0.15, 0.2) is 6.20 Å². The highest BCUT2D eigenvalue weighted by Crippen LogP contribution is 2.30. The SMILES string of the molecule is C[Si](C)(C)C#Cc1cnc(Cl)nc1NC1(C=O)CCCCC1. The van der Waals surface area contributed by atoms with Gasteiger partial charge in [0.2, 0.25) is 5.28 Å². The van der Waals surface area contributed by atoms with Crippen molar-refractivity contribution in [2.75, 3.05) is 5.32 Å². The summed E-state index contributed by atoms with van der Waals surface area (Å²) >= 11 is 5.92. The van der Waals surface area contributed by atoms with E-state index in [4.69, 9.17) is 11.6 Å². The van der Waals surface area contributed by atoms with Crippen LogP contribution in [0.25, 0.3) is 0 Å². The van der Waals surface area contributed by atoms with E-state index in [-0.39, 0.29) is 5.28 Å². The third-order valence-electron chi connectivity index (χ3n) is 3.67. The summed E-state index contributed by atoms with van der Waals surface area (Å²) in [6, 6.07) is 0. The Morgan fingerprint density at radius 2 is 2.00 bits per heavy atom. The van der Waals surface area contributed by atoms with Gasteiger partial charge in [0.1, 0.15) is 20.2 Å². The van der Waals surface area contributed by atoms with E-state index in [1.807, 2.05) is 0 Å². The molecule has 0 aromatic carbocycles. The van der Waals surface area contributed by atoms with Crippen LogP contribution in [-0.2, 0) is 4.79 Å². The average molecular weight is 336 g/mol. The van der Waals surface area contributed by atoms with Crippen molar-refractivity contribution in [3.05, 3.63) is 17.0 Å². The standard InChI is InChI=1S/C16H22ClN3OSi/c1-22(2,3)10-7-13-11-18-15(17)19-14(13)20-16(12-21)8-5-4-6-9-16/h11-12H,4-6,8-9H2,1-3H3,(H,18,19,20). The number of carbonyl (C=O) groups is 1. The Balaban J connectivity index is 2.34. The van der Waals surface area contributed by atoms with Gasteiger partial charge in [0.05, 0.1) is 11.1 Å². The maximum absolute atomic E-state index is 11.6. The smallest absolute Gasteiger partial charge is 0.224 e. The van der Waals surface area contributed by atoms with Crippen LogP contribution < -0.4 is 5.32 Å². The Morgan fingerprint density at radius 1 is 1.32 bits per heavy atom. The highest BCUT2D eigenvalue weighted by molar-refractivity contribution is 6.83. The first kappa shape index (κ1) is 17.0. The molecule has 4 nitrogen and oxygen atoms in total. The molecule has 1 aromatic rings. The van der Waals surface area contributed by atoms with Crippen molar-refractivity contribution in [2.24, 2.45) is 0 Å². The Morgan fingerprint density at radius 3 is 2.59 bits per heavy atom. The fourth-order valence-electron chi connectivity index (χ4n) is 2.49. The van der Waals surface area contributed by atoms with Crippen LogP contribution in [0.1, 0.15) is 37.7 Å². The summed E-state index contributed by atoms with van der Waals surface area (Å²) in [5.41, 5.74) is 3.46. The second-order valence-corrected chi connectivity index (χ2v) is 11.9. The lowest BCUT2D eigenvalue weighted by Crippen LogP contribution is -2.42. The normalized spacial score (nSPS) is 17.3. The van der Waals surface area contributed by atoms with Crippen molar-refractivity contribution < 1.29 is 4.79 Å². The molecule has 6 heteroatoms. The molecule has 118 valence electrons. The summed E-state index contributed by atoms with van der Waals surface area (Å²) in [5, 5.41) is 3.46. The lowest BCUT2D eigenvalue weighted by Gasteiger charge is -2.33. The van der Waals surface area contributed by atoms with E-state index in [1.165, 1.54) is 6.42 Å². The van der Waals surface area contributed by atoms with Crippen LogP contribution >= 0.6 is 11.6 Å². The molecular weight excluding hydrogens is 314 g/mol. The summed E-state index contributed by atoms with van der Waals surface area (Å²) in [4.78, 5) is 19.9. The zero-order valence-electron chi connectivity index (χ0n) is 13.4. The van der Waals surface area contributed by atoms with Gasteiger partial charge in [0.25, 0.3) is 0 Å². The van der Waals surface area contributed by atoms with E-state index >= 15 is 0 Å². The molecule has 0 unspecified atom stereocenters. The predicted molar refractivity (Wildman–Crippen MR) is 92.8 cm³/mol. The summed E-state index contributed by atoms with van der Waals surface area (Å²) in [6.07, 6.45) is 7.53. The number of aldehydes is 1. The lowest BCUT2D eigenvalue weighted by molar-refractivity contribution is -0.112. The summed E-state index contributed by atoms with van der Waals surface area (Å²) in [5.74, 6) is 3.73. The van der Waals surface area contributed by atoms with E-state index < -0.39 is 13.6 Å². The molecule has 0 amide bonds. The molecule has 0 saturated heterocycles. The van der Waals surface area contributed by atoms with Crippen molar-refractivity contribution in [1.29, 1.82) is 0 Å². The minimum Gasteiger partial charge on any atom is -0.357 e. The number of rotatable bonds is 3. The highest BCUT2D eigenvalue weighted by Gasteiger charge is 2.32. The van der Waals surface area contributed by atoms with E-state index in [2.05, 4.69) is 46.4 Å². The van der Waals surface area contributed by atoms with Gasteiger partial charge in [-0.3, -0.25) is 0 Å². The first-order valence-corrected chi connectivity index (χ1v) is 11.5. The molecule has 0 aliphatic heterocycles. The molecule has 1 N–H and O–H groups in total. The van der Waals surface area contributed by atoms with Crippen molar-refractivity contribution in [2.45, 2.75) is 57.3 Å². The summed E-state index contributed by atoms with van der Waals surface area (Å²) < 4.78 is 0. The van der Waals surface area contributed by atoms with E-state index in [9.17, 15) is 4.79 Å². The van der Waals surface area contributed by atoms with Crippen LogP contribution in [0, 0.1) is 11.5 Å². The molecule has 0 spiro atoms. The second-order valence-electron chi connectivity index (χ2n) is 6.86. The van der Waals surface area contributed by atoms with Crippen molar-refractivity contribution >= 4 is 31.8 Å². The Kier molecular flexibility index (Phi) is 5.25. The number of hydrogen-bond donors (Lipinski definition) is 1. The first-order valence-electron chi connectivity index (χ1n) is 7.64. The topological polar surface area (TPSA) is 54.9 Å². The van der Waals surface area contributed by atoms with Gasteiger partial charge in [-0.25, -0.2) is 4.98 Å². The van der Waals surface area contributed by atoms with Gasteiger partial charge in [-0.05, 0) is 24.4 Å². The van der Waals surface area contributed by atoms with Gasteiger partial charge >= 0.3 is 0 Å². The maximum atomic E-state index is 11.6. The van der Waals surface area contributed by atoms with Gasteiger partial charge in [0, 0.05) is 6.20 Å². The number of anilines is 1. The van der Waals surface area contributed by atoms with E-state index in [1.54, 1.807) is 6.20 Å². The zero-order chi connectivity index (χ0) is 16.2. The largest absolute Gasteiger partial charge is 0.357 e. The Labute approximate surface area is 138 Å². The average Bonchev–Trinajstić information content (AvgIpc) is 2.46. The van der Waals surface area contributed by atoms with Gasteiger partial charge in [-0.2, -0.15) is 4.98 Å². The van der Waals surface area contributed by atoms with Crippen LogP contribution in [-0.4, -0.2) is 29.9 Å². The minimum absolute atomic E-state index is 0.165. The molecule has 1 aliphatic carbocycles. The number of aromatic nitrogens is 2. The maximum Gasteiger partial charge on any atom is 0.224 e. The Hall–Kier alpha value is -1.38. The van der Waals surface area contributed by atoms with Gasteiger partial charge in [-0.15, -0.1) is 5.54 Å². The van der Waals surface area contributed by atoms with Crippen LogP contribution in [0.5, 0.6) is 0 Å². The van der Waals surface area contributed by atoms with E-state index in [0.29, 0.717) is 11.4 Å². The molecule has 1 heterocycles. The van der Waals surface area contributed by atoms with Crippen LogP contribution in [0.4, 0.5) is 5.82 Å².